The van der Waals surface area contributed by atoms with Crippen LogP contribution in [0.3, 0.4) is 0 Å². The summed E-state index contributed by atoms with van der Waals surface area (Å²) in [6.45, 7) is 3.56. The Balaban J connectivity index is 2.40. The molecule has 1 saturated heterocycles. The molecule has 0 saturated carbocycles. The van der Waals surface area contributed by atoms with Crippen LogP contribution in [0.4, 0.5) is 10.5 Å². The zero-order valence-corrected chi connectivity index (χ0v) is 8.16. The third-order valence-electron chi connectivity index (χ3n) is 2.25. The molecule has 1 fully saturated rings. The molecule has 0 aromatic heterocycles. The number of nitrogens with zero attached hydrogens (tertiary/aromatic N) is 1. The van der Waals surface area contributed by atoms with E-state index in [9.17, 15) is 14.9 Å². The van der Waals surface area contributed by atoms with Crippen LogP contribution in [0.5, 0.6) is 0 Å². The number of ether oxygens (including phenoxy) is 2. The first-order valence-electron chi connectivity index (χ1n) is 4.53. The van der Waals surface area contributed by atoms with Gasteiger partial charge in [-0.3, -0.25) is 10.1 Å². The Kier molecular flexibility index (Phi) is 2.47. The van der Waals surface area contributed by atoms with Crippen molar-refractivity contribution in [2.24, 2.45) is 0 Å². The second-order valence-corrected chi connectivity index (χ2v) is 3.26. The zero-order valence-electron chi connectivity index (χ0n) is 8.16. The van der Waals surface area contributed by atoms with Gasteiger partial charge in [-0.1, -0.05) is 12.1 Å². The summed E-state index contributed by atoms with van der Waals surface area (Å²) < 4.78 is 9.49. The van der Waals surface area contributed by atoms with Gasteiger partial charge < -0.3 is 9.47 Å². The van der Waals surface area contributed by atoms with E-state index in [4.69, 9.17) is 4.74 Å². The second kappa shape index (κ2) is 3.80. The number of carbonyl (C=O) groups excluding carboxylic acids is 1. The molecule has 1 heterocycles. The molecule has 16 heavy (non-hydrogen) atoms. The van der Waals surface area contributed by atoms with E-state index >= 15 is 0 Å². The lowest BCUT2D eigenvalue weighted by Crippen LogP contribution is -2.12. The van der Waals surface area contributed by atoms with Crippen LogP contribution in [0.1, 0.15) is 11.7 Å². The molecular weight excluding hydrogens is 214 g/mol. The number of rotatable bonds is 2. The number of benzene rings is 1. The minimum absolute atomic E-state index is 0.112. The van der Waals surface area contributed by atoms with Crippen LogP contribution in [-0.4, -0.2) is 17.2 Å². The fourth-order valence-corrected chi connectivity index (χ4v) is 1.55. The van der Waals surface area contributed by atoms with Crippen molar-refractivity contribution in [2.75, 3.05) is 0 Å². The summed E-state index contributed by atoms with van der Waals surface area (Å²) in [6.07, 6.45) is -2.45. The average Bonchev–Trinajstić information content (AvgIpc) is 2.57. The van der Waals surface area contributed by atoms with Gasteiger partial charge >= 0.3 is 6.16 Å². The quantitative estimate of drug-likeness (QED) is 0.434. The van der Waals surface area contributed by atoms with Crippen molar-refractivity contribution in [3.63, 3.8) is 0 Å². The van der Waals surface area contributed by atoms with Crippen molar-refractivity contribution in [1.82, 2.24) is 0 Å². The monoisotopic (exact) mass is 222 g/mol. The normalized spacial score (nSPS) is 23.7. The Bertz CT molecular complexity index is 445. The molecule has 1 aromatic carbocycles. The molecular formula is C10H8NO5. The van der Waals surface area contributed by atoms with Gasteiger partial charge in [-0.25, -0.2) is 4.79 Å². The summed E-state index contributed by atoms with van der Waals surface area (Å²) >= 11 is 0. The molecule has 1 aromatic rings. The number of carbonyl (C=O) groups is 1. The largest absolute Gasteiger partial charge is 0.509 e. The first-order chi connectivity index (χ1) is 7.59. The number of hydrogen-bond donors (Lipinski definition) is 0. The smallest absolute Gasteiger partial charge is 0.427 e. The van der Waals surface area contributed by atoms with Gasteiger partial charge in [0.15, 0.2) is 6.10 Å². The lowest BCUT2D eigenvalue weighted by atomic mass is 10.0. The molecule has 1 radical (unpaired) electrons. The number of hydrogen-bond acceptors (Lipinski definition) is 5. The van der Waals surface area contributed by atoms with Gasteiger partial charge in [0.05, 0.1) is 10.5 Å². The summed E-state index contributed by atoms with van der Waals surface area (Å²) in [6, 6.07) is 6.02. The second-order valence-electron chi connectivity index (χ2n) is 3.26. The predicted octanol–water partition coefficient (Wildman–Crippen LogP) is 2.01. The number of para-hydroxylation sites is 1. The SMILES string of the molecule is [CH2][C@@H]1OC(=O)O[C@H]1c1ccccc1[N+](=O)[O-]. The number of nitro groups is 1. The average molecular weight is 222 g/mol. The summed E-state index contributed by atoms with van der Waals surface area (Å²) in [4.78, 5) is 21.1. The van der Waals surface area contributed by atoms with Crippen LogP contribution in [0.25, 0.3) is 0 Å². The standard InChI is InChI=1S/C10H8NO5/c1-6-9(16-10(12)15-6)7-4-2-3-5-8(7)11(13)14/h2-6,9H,1H2/t6-,9+/m0/s1. The van der Waals surface area contributed by atoms with E-state index in [1.807, 2.05) is 0 Å². The van der Waals surface area contributed by atoms with Crippen molar-refractivity contribution in [3.05, 3.63) is 46.9 Å². The van der Waals surface area contributed by atoms with E-state index in [1.165, 1.54) is 18.2 Å². The number of nitro benzene ring substituents is 1. The summed E-state index contributed by atoms with van der Waals surface area (Å²) in [5.41, 5.74) is 0.179. The van der Waals surface area contributed by atoms with Gasteiger partial charge in [0.25, 0.3) is 5.69 Å². The Morgan fingerprint density at radius 3 is 2.56 bits per heavy atom. The fourth-order valence-electron chi connectivity index (χ4n) is 1.55. The van der Waals surface area contributed by atoms with Gasteiger partial charge in [0, 0.05) is 6.07 Å². The fraction of sp³-hybridized carbons (Fsp3) is 0.200. The van der Waals surface area contributed by atoms with Crippen molar-refractivity contribution in [3.8, 4) is 0 Å². The molecule has 1 aliphatic rings. The predicted molar refractivity (Wildman–Crippen MR) is 52.5 cm³/mol. The Labute approximate surface area is 90.9 Å². The lowest BCUT2D eigenvalue weighted by molar-refractivity contribution is -0.386. The molecule has 6 heteroatoms. The van der Waals surface area contributed by atoms with Crippen LogP contribution in [-0.2, 0) is 9.47 Å². The van der Waals surface area contributed by atoms with Gasteiger partial charge in [-0.15, -0.1) is 0 Å². The van der Waals surface area contributed by atoms with E-state index in [1.54, 1.807) is 6.07 Å². The number of cyclic esters (lactones) is 2. The molecule has 1 aliphatic heterocycles. The Morgan fingerprint density at radius 1 is 1.31 bits per heavy atom. The van der Waals surface area contributed by atoms with Crippen LogP contribution in [0, 0.1) is 17.0 Å². The van der Waals surface area contributed by atoms with E-state index in [0.717, 1.165) is 0 Å². The van der Waals surface area contributed by atoms with Crippen molar-refractivity contribution >= 4 is 11.8 Å². The van der Waals surface area contributed by atoms with E-state index in [-0.39, 0.29) is 5.69 Å². The molecule has 83 valence electrons. The molecule has 6 nitrogen and oxygen atoms in total. The molecule has 0 unspecified atom stereocenters. The highest BCUT2D eigenvalue weighted by Crippen LogP contribution is 2.34. The highest BCUT2D eigenvalue weighted by atomic mass is 16.8. The topological polar surface area (TPSA) is 78.7 Å². The van der Waals surface area contributed by atoms with Crippen LogP contribution >= 0.6 is 0 Å². The minimum atomic E-state index is -0.858. The first kappa shape index (κ1) is 10.4. The molecule has 0 aliphatic carbocycles. The van der Waals surface area contributed by atoms with E-state index in [0.29, 0.717) is 5.56 Å². The molecule has 0 bridgehead atoms. The molecule has 0 spiro atoms. The van der Waals surface area contributed by atoms with Crippen molar-refractivity contribution in [2.45, 2.75) is 12.2 Å². The van der Waals surface area contributed by atoms with E-state index in [2.05, 4.69) is 11.7 Å². The zero-order chi connectivity index (χ0) is 11.7. The van der Waals surface area contributed by atoms with Crippen LogP contribution in [0.15, 0.2) is 24.3 Å². The maximum absolute atomic E-state index is 10.9. The van der Waals surface area contributed by atoms with Crippen LogP contribution < -0.4 is 0 Å². The summed E-state index contributed by atoms with van der Waals surface area (Å²) in [7, 11) is 0. The summed E-state index contributed by atoms with van der Waals surface area (Å²) in [5.74, 6) is 0. The first-order valence-corrected chi connectivity index (χ1v) is 4.53. The maximum atomic E-state index is 10.9. The highest BCUT2D eigenvalue weighted by molar-refractivity contribution is 5.64. The molecule has 0 N–H and O–H groups in total. The van der Waals surface area contributed by atoms with Crippen molar-refractivity contribution in [1.29, 1.82) is 0 Å². The molecule has 2 atom stereocenters. The van der Waals surface area contributed by atoms with Gasteiger partial charge in [0.1, 0.15) is 6.10 Å². The van der Waals surface area contributed by atoms with Gasteiger partial charge in [-0.2, -0.15) is 0 Å². The van der Waals surface area contributed by atoms with Crippen LogP contribution in [0.2, 0.25) is 0 Å². The van der Waals surface area contributed by atoms with E-state index < -0.39 is 23.3 Å². The Hall–Kier alpha value is -2.11. The minimum Gasteiger partial charge on any atom is -0.427 e. The Morgan fingerprint density at radius 2 is 2.00 bits per heavy atom. The lowest BCUT2D eigenvalue weighted by Gasteiger charge is -2.11. The van der Waals surface area contributed by atoms with Gasteiger partial charge in [0.2, 0.25) is 0 Å². The van der Waals surface area contributed by atoms with Crippen molar-refractivity contribution < 1.29 is 19.2 Å². The third kappa shape index (κ3) is 1.69. The maximum Gasteiger partial charge on any atom is 0.509 e. The molecule has 0 amide bonds. The molecule has 2 rings (SSSR count). The third-order valence-corrected chi connectivity index (χ3v) is 2.25. The summed E-state index contributed by atoms with van der Waals surface area (Å²) in [5, 5.41) is 10.8. The van der Waals surface area contributed by atoms with Gasteiger partial charge in [-0.05, 0) is 13.0 Å². The highest BCUT2D eigenvalue weighted by Gasteiger charge is 2.38.